The zero-order valence-electron chi connectivity index (χ0n) is 7.37. The zero-order valence-corrected chi connectivity index (χ0v) is 7.37. The number of anilines is 2. The Balaban J connectivity index is 2.75. The van der Waals surface area contributed by atoms with Crippen LogP contribution in [0.4, 0.5) is 11.4 Å². The number of aromatic nitrogens is 1. The molecular formula is C9H11N3O. The zero-order chi connectivity index (χ0) is 9.42. The van der Waals surface area contributed by atoms with Crippen LogP contribution < -0.4 is 11.5 Å². The maximum absolute atomic E-state index is 5.71. The molecule has 0 aliphatic rings. The highest BCUT2D eigenvalue weighted by atomic mass is 16.3. The summed E-state index contributed by atoms with van der Waals surface area (Å²) in [5, 5.41) is 0. The predicted octanol–water partition coefficient (Wildman–Crippen LogP) is 1.55. The van der Waals surface area contributed by atoms with E-state index in [0.29, 0.717) is 22.8 Å². The molecular weight excluding hydrogens is 166 g/mol. The Kier molecular flexibility index (Phi) is 1.62. The Labute approximate surface area is 75.5 Å². The van der Waals surface area contributed by atoms with E-state index in [0.717, 1.165) is 11.9 Å². The molecule has 0 atom stereocenters. The molecule has 0 aliphatic heterocycles. The molecule has 0 unspecified atom stereocenters. The molecule has 1 aromatic heterocycles. The van der Waals surface area contributed by atoms with Gasteiger partial charge in [-0.1, -0.05) is 6.92 Å². The molecule has 4 heteroatoms. The van der Waals surface area contributed by atoms with E-state index in [1.807, 2.05) is 6.92 Å². The maximum atomic E-state index is 5.71. The second-order valence-electron chi connectivity index (χ2n) is 2.92. The molecule has 68 valence electrons. The van der Waals surface area contributed by atoms with E-state index in [1.165, 1.54) is 0 Å². The largest absolute Gasteiger partial charge is 0.439 e. The highest BCUT2D eigenvalue weighted by Crippen LogP contribution is 2.25. The molecule has 1 aromatic carbocycles. The molecule has 0 saturated carbocycles. The number of hydrogen-bond acceptors (Lipinski definition) is 4. The highest BCUT2D eigenvalue weighted by molar-refractivity contribution is 5.88. The van der Waals surface area contributed by atoms with Crippen molar-refractivity contribution in [3.05, 3.63) is 18.0 Å². The van der Waals surface area contributed by atoms with E-state index >= 15 is 0 Å². The third-order valence-corrected chi connectivity index (χ3v) is 1.89. The van der Waals surface area contributed by atoms with Gasteiger partial charge in [0.1, 0.15) is 5.52 Å². The van der Waals surface area contributed by atoms with E-state index in [2.05, 4.69) is 4.98 Å². The molecule has 0 saturated heterocycles. The molecule has 1 heterocycles. The molecule has 0 spiro atoms. The summed E-state index contributed by atoms with van der Waals surface area (Å²) in [5.41, 5.74) is 13.8. The Morgan fingerprint density at radius 1 is 1.38 bits per heavy atom. The Hall–Kier alpha value is -1.71. The topological polar surface area (TPSA) is 78.1 Å². The van der Waals surface area contributed by atoms with Crippen LogP contribution in [0.3, 0.4) is 0 Å². The van der Waals surface area contributed by atoms with E-state index in [1.54, 1.807) is 12.1 Å². The van der Waals surface area contributed by atoms with Gasteiger partial charge >= 0.3 is 0 Å². The summed E-state index contributed by atoms with van der Waals surface area (Å²) >= 11 is 0. The molecule has 0 bridgehead atoms. The van der Waals surface area contributed by atoms with Gasteiger partial charge in [0.25, 0.3) is 0 Å². The molecule has 0 aliphatic carbocycles. The minimum Gasteiger partial charge on any atom is -0.439 e. The summed E-state index contributed by atoms with van der Waals surface area (Å²) in [6.07, 6.45) is 0.758. The van der Waals surface area contributed by atoms with Gasteiger partial charge in [0, 0.05) is 12.1 Å². The second-order valence-corrected chi connectivity index (χ2v) is 2.92. The quantitative estimate of drug-likeness (QED) is 0.648. The van der Waals surface area contributed by atoms with Gasteiger partial charge in [0.2, 0.25) is 0 Å². The number of hydrogen-bond donors (Lipinski definition) is 2. The fourth-order valence-electron chi connectivity index (χ4n) is 1.28. The van der Waals surface area contributed by atoms with Crippen molar-refractivity contribution in [2.75, 3.05) is 11.5 Å². The van der Waals surface area contributed by atoms with Crippen LogP contribution in [0.1, 0.15) is 12.8 Å². The summed E-state index contributed by atoms with van der Waals surface area (Å²) in [6, 6.07) is 3.43. The first-order chi connectivity index (χ1) is 6.20. The van der Waals surface area contributed by atoms with Crippen LogP contribution in [0.2, 0.25) is 0 Å². The van der Waals surface area contributed by atoms with Gasteiger partial charge in [-0.3, -0.25) is 0 Å². The normalized spacial score (nSPS) is 10.8. The van der Waals surface area contributed by atoms with Gasteiger partial charge in [0.05, 0.1) is 5.69 Å². The van der Waals surface area contributed by atoms with E-state index in [4.69, 9.17) is 15.9 Å². The first kappa shape index (κ1) is 7.91. The van der Waals surface area contributed by atoms with Gasteiger partial charge in [-0.15, -0.1) is 0 Å². The smallest absolute Gasteiger partial charge is 0.195 e. The Bertz CT molecular complexity index is 447. The van der Waals surface area contributed by atoms with Gasteiger partial charge in [-0.05, 0) is 12.1 Å². The van der Waals surface area contributed by atoms with Gasteiger partial charge in [-0.25, -0.2) is 4.98 Å². The van der Waals surface area contributed by atoms with Crippen molar-refractivity contribution in [3.63, 3.8) is 0 Å². The molecule has 0 fully saturated rings. The van der Waals surface area contributed by atoms with Crippen LogP contribution in [-0.4, -0.2) is 4.98 Å². The van der Waals surface area contributed by atoms with Crippen LogP contribution in [0.15, 0.2) is 16.5 Å². The van der Waals surface area contributed by atoms with Crippen molar-refractivity contribution >= 4 is 22.5 Å². The van der Waals surface area contributed by atoms with Crippen molar-refractivity contribution in [2.24, 2.45) is 0 Å². The molecule has 4 nitrogen and oxygen atoms in total. The average molecular weight is 177 g/mol. The number of nitrogens with zero attached hydrogens (tertiary/aromatic N) is 1. The highest BCUT2D eigenvalue weighted by Gasteiger charge is 2.07. The van der Waals surface area contributed by atoms with Gasteiger partial charge < -0.3 is 15.9 Å². The summed E-state index contributed by atoms with van der Waals surface area (Å²) in [7, 11) is 0. The summed E-state index contributed by atoms with van der Waals surface area (Å²) in [4.78, 5) is 4.23. The fraction of sp³-hybridized carbons (Fsp3) is 0.222. The fourth-order valence-corrected chi connectivity index (χ4v) is 1.28. The van der Waals surface area contributed by atoms with E-state index in [-0.39, 0.29) is 0 Å². The standard InChI is InChI=1S/C9H11N3O/c1-2-8-12-7-4-5(10)3-6(11)9(7)13-8/h3-4H,2,10-11H2,1H3. The third kappa shape index (κ3) is 1.20. The summed E-state index contributed by atoms with van der Waals surface area (Å²) < 4.78 is 5.41. The summed E-state index contributed by atoms with van der Waals surface area (Å²) in [6.45, 7) is 1.98. The number of benzene rings is 1. The number of nitrogens with two attached hydrogens (primary N) is 2. The second kappa shape index (κ2) is 2.65. The Morgan fingerprint density at radius 3 is 2.85 bits per heavy atom. The lowest BCUT2D eigenvalue weighted by molar-refractivity contribution is 0.539. The first-order valence-corrected chi connectivity index (χ1v) is 4.15. The SMILES string of the molecule is CCc1nc2cc(N)cc(N)c2o1. The van der Waals surface area contributed by atoms with Gasteiger partial charge in [0.15, 0.2) is 11.5 Å². The maximum Gasteiger partial charge on any atom is 0.195 e. The number of fused-ring (bicyclic) bond motifs is 1. The Morgan fingerprint density at radius 2 is 2.15 bits per heavy atom. The number of aryl methyl sites for hydroxylation is 1. The van der Waals surface area contributed by atoms with Gasteiger partial charge in [-0.2, -0.15) is 0 Å². The predicted molar refractivity (Wildman–Crippen MR) is 52.2 cm³/mol. The number of rotatable bonds is 1. The van der Waals surface area contributed by atoms with Crippen molar-refractivity contribution in [2.45, 2.75) is 13.3 Å². The lowest BCUT2D eigenvalue weighted by atomic mass is 10.2. The minimum atomic E-state index is 0.544. The first-order valence-electron chi connectivity index (χ1n) is 4.15. The van der Waals surface area contributed by atoms with Crippen LogP contribution in [0, 0.1) is 0 Å². The number of oxazole rings is 1. The van der Waals surface area contributed by atoms with Crippen molar-refractivity contribution in [1.29, 1.82) is 0 Å². The van der Waals surface area contributed by atoms with Crippen molar-refractivity contribution in [1.82, 2.24) is 4.98 Å². The monoisotopic (exact) mass is 177 g/mol. The molecule has 2 aromatic rings. The van der Waals surface area contributed by atoms with E-state index < -0.39 is 0 Å². The lowest BCUT2D eigenvalue weighted by Crippen LogP contribution is -1.89. The molecule has 0 amide bonds. The summed E-state index contributed by atoms with van der Waals surface area (Å²) in [5.74, 6) is 0.687. The van der Waals surface area contributed by atoms with Crippen LogP contribution in [0.25, 0.3) is 11.1 Å². The molecule has 13 heavy (non-hydrogen) atoms. The van der Waals surface area contributed by atoms with Crippen molar-refractivity contribution in [3.8, 4) is 0 Å². The van der Waals surface area contributed by atoms with E-state index in [9.17, 15) is 0 Å². The van der Waals surface area contributed by atoms with Crippen LogP contribution in [-0.2, 0) is 6.42 Å². The molecule has 0 radical (unpaired) electrons. The van der Waals surface area contributed by atoms with Crippen molar-refractivity contribution < 1.29 is 4.42 Å². The minimum absolute atomic E-state index is 0.544. The molecule has 4 N–H and O–H groups in total. The third-order valence-electron chi connectivity index (χ3n) is 1.89. The average Bonchev–Trinajstić information content (AvgIpc) is 2.47. The van der Waals surface area contributed by atoms with Crippen LogP contribution >= 0.6 is 0 Å². The van der Waals surface area contributed by atoms with Crippen LogP contribution in [0.5, 0.6) is 0 Å². The lowest BCUT2D eigenvalue weighted by Gasteiger charge is -1.95. The number of nitrogen functional groups attached to an aromatic ring is 2. The molecule has 2 rings (SSSR count).